The Morgan fingerprint density at radius 2 is 1.45 bits per heavy atom. The van der Waals surface area contributed by atoms with E-state index in [9.17, 15) is 0 Å². The first kappa shape index (κ1) is 30.1. The van der Waals surface area contributed by atoms with Crippen molar-refractivity contribution in [2.24, 2.45) is 0 Å². The van der Waals surface area contributed by atoms with Crippen molar-refractivity contribution in [2.75, 3.05) is 43.4 Å². The molecule has 4 heterocycles. The Balaban J connectivity index is 0.000000157. The second-order valence-corrected chi connectivity index (χ2v) is 11.9. The second-order valence-electron chi connectivity index (χ2n) is 11.9. The van der Waals surface area contributed by atoms with Gasteiger partial charge in [-0.25, -0.2) is 19.9 Å². The summed E-state index contributed by atoms with van der Waals surface area (Å²) in [5.74, 6) is 2.64. The van der Waals surface area contributed by atoms with Crippen LogP contribution in [-0.4, -0.2) is 52.7 Å². The third-order valence-corrected chi connectivity index (χ3v) is 8.57. The minimum atomic E-state index is 0.144. The van der Waals surface area contributed by atoms with Crippen LogP contribution in [0, 0.1) is 6.92 Å². The highest BCUT2D eigenvalue weighted by Crippen LogP contribution is 2.39. The van der Waals surface area contributed by atoms with Crippen LogP contribution in [0.3, 0.4) is 0 Å². The quantitative estimate of drug-likeness (QED) is 0.187. The van der Waals surface area contributed by atoms with E-state index in [1.807, 2.05) is 24.8 Å². The summed E-state index contributed by atoms with van der Waals surface area (Å²) in [5.41, 5.74) is 8.28. The number of hydrogen-bond acceptors (Lipinski definition) is 9. The smallest absolute Gasteiger partial charge is 0.227 e. The molecule has 9 heteroatoms. The zero-order valence-electron chi connectivity index (χ0n) is 25.9. The van der Waals surface area contributed by atoms with Gasteiger partial charge in [0.05, 0.1) is 12.7 Å². The Bertz CT molecular complexity index is 1460. The van der Waals surface area contributed by atoms with Crippen LogP contribution < -0.4 is 21.3 Å². The van der Waals surface area contributed by atoms with Crippen molar-refractivity contribution in [1.82, 2.24) is 30.6 Å². The molecule has 230 valence electrons. The monoisotopic (exact) mass is 592 g/mol. The lowest BCUT2D eigenvalue weighted by molar-refractivity contribution is 0.0277. The third-order valence-electron chi connectivity index (χ3n) is 8.57. The van der Waals surface area contributed by atoms with E-state index < -0.39 is 0 Å². The molecule has 7 rings (SSSR count). The summed E-state index contributed by atoms with van der Waals surface area (Å²) >= 11 is 0. The average Bonchev–Trinajstić information content (AvgIpc) is 3.94. The van der Waals surface area contributed by atoms with Crippen LogP contribution in [0.15, 0.2) is 67.3 Å². The molecule has 1 saturated carbocycles. The number of piperidine rings is 1. The molecular formula is C35H44N8O. The van der Waals surface area contributed by atoms with Crippen molar-refractivity contribution < 1.29 is 4.74 Å². The summed E-state index contributed by atoms with van der Waals surface area (Å²) < 4.78 is 5.81. The fourth-order valence-electron chi connectivity index (χ4n) is 5.66. The predicted octanol–water partition coefficient (Wildman–Crippen LogP) is 6.32. The molecule has 9 nitrogen and oxygen atoms in total. The van der Waals surface area contributed by atoms with Gasteiger partial charge in [0.2, 0.25) is 11.9 Å². The van der Waals surface area contributed by atoms with Crippen LogP contribution in [-0.2, 0) is 11.2 Å². The van der Waals surface area contributed by atoms with E-state index in [-0.39, 0.29) is 6.10 Å². The summed E-state index contributed by atoms with van der Waals surface area (Å²) in [6, 6.07) is 15.0. The van der Waals surface area contributed by atoms with Gasteiger partial charge in [0.1, 0.15) is 0 Å². The van der Waals surface area contributed by atoms with E-state index in [0.29, 0.717) is 23.7 Å². The Morgan fingerprint density at radius 1 is 0.750 bits per heavy atom. The van der Waals surface area contributed by atoms with Crippen LogP contribution in [0.2, 0.25) is 0 Å². The molecule has 4 N–H and O–H groups in total. The number of rotatable bonds is 8. The van der Waals surface area contributed by atoms with E-state index >= 15 is 0 Å². The molecule has 0 radical (unpaired) electrons. The van der Waals surface area contributed by atoms with E-state index in [4.69, 9.17) is 4.74 Å². The molecule has 44 heavy (non-hydrogen) atoms. The van der Waals surface area contributed by atoms with Crippen molar-refractivity contribution in [3.05, 3.63) is 95.1 Å². The molecule has 2 saturated heterocycles. The Kier molecular flexibility index (Phi) is 10.1. The first-order valence-corrected chi connectivity index (χ1v) is 16.0. The molecule has 0 bridgehead atoms. The molecule has 2 aromatic heterocycles. The van der Waals surface area contributed by atoms with Gasteiger partial charge in [0.15, 0.2) is 0 Å². The lowest BCUT2D eigenvalue weighted by Gasteiger charge is -2.24. The Labute approximate surface area is 260 Å². The third kappa shape index (κ3) is 8.16. The lowest BCUT2D eigenvalue weighted by Crippen LogP contribution is -2.33. The molecule has 4 aromatic rings. The van der Waals surface area contributed by atoms with Gasteiger partial charge < -0.3 is 26.0 Å². The van der Waals surface area contributed by atoms with Crippen LogP contribution in [0.1, 0.15) is 78.4 Å². The van der Waals surface area contributed by atoms with Crippen LogP contribution in [0.4, 0.5) is 23.3 Å². The van der Waals surface area contributed by atoms with Crippen molar-refractivity contribution in [2.45, 2.75) is 63.9 Å². The summed E-state index contributed by atoms with van der Waals surface area (Å²) in [4.78, 5) is 17.5. The predicted molar refractivity (Wildman–Crippen MR) is 176 cm³/mol. The summed E-state index contributed by atoms with van der Waals surface area (Å²) in [6.45, 7) is 9.02. The lowest BCUT2D eigenvalue weighted by atomic mass is 9.92. The van der Waals surface area contributed by atoms with Crippen LogP contribution in [0.5, 0.6) is 0 Å². The highest BCUT2D eigenvalue weighted by atomic mass is 16.5. The van der Waals surface area contributed by atoms with E-state index in [2.05, 4.69) is 97.5 Å². The van der Waals surface area contributed by atoms with Gasteiger partial charge in [-0.3, -0.25) is 0 Å². The number of hydrogen-bond donors (Lipinski definition) is 4. The van der Waals surface area contributed by atoms with Crippen molar-refractivity contribution in [1.29, 1.82) is 0 Å². The number of nitrogens with one attached hydrogen (secondary N) is 4. The van der Waals surface area contributed by atoms with E-state index in [1.165, 1.54) is 47.9 Å². The molecule has 0 unspecified atom stereocenters. The first-order chi connectivity index (χ1) is 21.6. The fourth-order valence-corrected chi connectivity index (χ4v) is 5.66. The average molecular weight is 593 g/mol. The van der Waals surface area contributed by atoms with Gasteiger partial charge in [0, 0.05) is 55.8 Å². The van der Waals surface area contributed by atoms with Crippen LogP contribution in [0.25, 0.3) is 0 Å². The molecule has 2 aromatic carbocycles. The molecule has 0 amide bonds. The molecule has 0 spiro atoms. The van der Waals surface area contributed by atoms with Gasteiger partial charge >= 0.3 is 0 Å². The first-order valence-electron chi connectivity index (χ1n) is 16.0. The maximum Gasteiger partial charge on any atom is 0.227 e. The summed E-state index contributed by atoms with van der Waals surface area (Å²) in [5, 5.41) is 13.4. The maximum absolute atomic E-state index is 5.81. The van der Waals surface area contributed by atoms with Gasteiger partial charge in [-0.2, -0.15) is 0 Å². The van der Waals surface area contributed by atoms with E-state index in [1.54, 1.807) is 0 Å². The molecule has 3 aliphatic rings. The topological polar surface area (TPSA) is 109 Å². The highest BCUT2D eigenvalue weighted by Gasteiger charge is 2.24. The Morgan fingerprint density at radius 3 is 2.09 bits per heavy atom. The molecule has 2 aliphatic heterocycles. The number of ether oxygens (including phenoxy) is 1. The van der Waals surface area contributed by atoms with Gasteiger partial charge in [-0.15, -0.1) is 0 Å². The molecule has 3 fully saturated rings. The zero-order valence-corrected chi connectivity index (χ0v) is 25.9. The minimum Gasteiger partial charge on any atom is -0.371 e. The van der Waals surface area contributed by atoms with Gasteiger partial charge in [-0.05, 0) is 103 Å². The Hall–Kier alpha value is -3.92. The maximum atomic E-state index is 5.81. The van der Waals surface area contributed by atoms with Gasteiger partial charge in [0.25, 0.3) is 0 Å². The zero-order chi connectivity index (χ0) is 30.1. The summed E-state index contributed by atoms with van der Waals surface area (Å²) in [7, 11) is 0. The highest BCUT2D eigenvalue weighted by molar-refractivity contribution is 5.59. The fraction of sp³-hybridized carbons (Fsp3) is 0.429. The number of anilines is 4. The number of morpholine rings is 1. The number of aryl methyl sites for hydroxylation is 2. The SMILES string of the molecule is CCc1cnc(Nc2ccc([C@@H]3CCCNC3)cc2)nc1.Cc1cc([C@H]2CNCCO2)ccc1Nc1ncc(C2CC2)cn1. The molecule has 1 aliphatic carbocycles. The second kappa shape index (κ2) is 14.7. The van der Waals surface area contributed by atoms with Crippen molar-refractivity contribution >= 4 is 23.3 Å². The number of nitrogens with zero attached hydrogens (tertiary/aromatic N) is 4. The largest absolute Gasteiger partial charge is 0.371 e. The van der Waals surface area contributed by atoms with Crippen molar-refractivity contribution in [3.63, 3.8) is 0 Å². The molecular weight excluding hydrogens is 548 g/mol. The van der Waals surface area contributed by atoms with E-state index in [0.717, 1.165) is 56.1 Å². The minimum absolute atomic E-state index is 0.144. The number of aromatic nitrogens is 4. The standard InChI is InChI=1S/C18H22N4O.C17H22N4/c1-12-8-14(17-11-19-6-7-23-17)4-5-16(12)22-18-20-9-15(10-21-18)13-2-3-13;1-2-13-10-19-17(20-11-13)21-16-7-5-14(6-8-16)15-4-3-9-18-12-15/h4-5,8-10,13,17,19H,2-3,6-7,11H2,1H3,(H,20,21,22);5-8,10-11,15,18H,2-4,9,12H2,1H3,(H,19,20,21)/t17-;15-/m11/s1. The van der Waals surface area contributed by atoms with Crippen LogP contribution >= 0.6 is 0 Å². The summed E-state index contributed by atoms with van der Waals surface area (Å²) in [6.07, 6.45) is 13.8. The van der Waals surface area contributed by atoms with Gasteiger partial charge in [-0.1, -0.05) is 31.2 Å². The van der Waals surface area contributed by atoms with Crippen molar-refractivity contribution in [3.8, 4) is 0 Å². The number of benzene rings is 2. The molecule has 2 atom stereocenters. The normalized spacial score (nSPS) is 19.9.